The minimum atomic E-state index is -3.46. The molecule has 28 heavy (non-hydrogen) atoms. The molecule has 1 N–H and O–H groups in total. The summed E-state index contributed by atoms with van der Waals surface area (Å²) in [5, 5.41) is 3.55. The molecule has 2 saturated heterocycles. The highest BCUT2D eigenvalue weighted by Crippen LogP contribution is 2.23. The van der Waals surface area contributed by atoms with Crippen LogP contribution in [-0.2, 0) is 10.0 Å². The highest BCUT2D eigenvalue weighted by Gasteiger charge is 2.28. The summed E-state index contributed by atoms with van der Waals surface area (Å²) < 4.78 is 27.2. The largest absolute Gasteiger partial charge is 0.380 e. The Bertz CT molecular complexity index is 881. The zero-order valence-electron chi connectivity index (χ0n) is 16.2. The fraction of sp³-hybridized carbons (Fsp3) is 0.450. The number of nitrogens with one attached hydrogen (secondary N) is 1. The fourth-order valence-electron chi connectivity index (χ4n) is 3.75. The Morgan fingerprint density at radius 3 is 2.43 bits per heavy atom. The standard InChI is InChI=1S/C20H27N5O2S/c1-23-11-13-25(14-12-23)28(26,27)19-7-8-20(21-15-19)24-10-9-18(16-24)22-17-5-3-2-4-6-17/h2-8,15,18,22H,9-14,16H2,1H3. The van der Waals surface area contributed by atoms with E-state index in [1.165, 1.54) is 6.20 Å². The Balaban J connectivity index is 1.39. The summed E-state index contributed by atoms with van der Waals surface area (Å²) in [6.07, 6.45) is 2.53. The first kappa shape index (κ1) is 19.2. The summed E-state index contributed by atoms with van der Waals surface area (Å²) in [7, 11) is -1.45. The highest BCUT2D eigenvalue weighted by molar-refractivity contribution is 7.89. The second kappa shape index (κ2) is 8.06. The second-order valence-electron chi connectivity index (χ2n) is 7.50. The molecule has 2 aliphatic heterocycles. The molecule has 1 aromatic heterocycles. The van der Waals surface area contributed by atoms with E-state index in [9.17, 15) is 8.42 Å². The van der Waals surface area contributed by atoms with Crippen LogP contribution in [0.15, 0.2) is 53.6 Å². The molecule has 0 saturated carbocycles. The fourth-order valence-corrected chi connectivity index (χ4v) is 5.11. The maximum atomic E-state index is 12.8. The van der Waals surface area contributed by atoms with Crippen LogP contribution in [-0.4, -0.2) is 75.0 Å². The van der Waals surface area contributed by atoms with Crippen LogP contribution < -0.4 is 10.2 Å². The van der Waals surface area contributed by atoms with Gasteiger partial charge in [-0.3, -0.25) is 0 Å². The Morgan fingerprint density at radius 2 is 1.75 bits per heavy atom. The number of pyridine rings is 1. The van der Waals surface area contributed by atoms with Gasteiger partial charge in [0.2, 0.25) is 10.0 Å². The van der Waals surface area contributed by atoms with Gasteiger partial charge in [0.05, 0.1) is 0 Å². The first-order valence-electron chi connectivity index (χ1n) is 9.74. The number of benzene rings is 1. The van der Waals surface area contributed by atoms with Crippen molar-refractivity contribution < 1.29 is 8.42 Å². The normalized spacial score (nSPS) is 21.8. The second-order valence-corrected chi connectivity index (χ2v) is 9.44. The molecule has 4 rings (SSSR count). The Morgan fingerprint density at radius 1 is 1.00 bits per heavy atom. The van der Waals surface area contributed by atoms with Gasteiger partial charge < -0.3 is 15.1 Å². The number of likely N-dealkylation sites (N-methyl/N-ethyl adjacent to an activating group) is 1. The van der Waals surface area contributed by atoms with Crippen molar-refractivity contribution in [3.8, 4) is 0 Å². The van der Waals surface area contributed by atoms with E-state index in [1.807, 2.05) is 31.3 Å². The molecule has 150 valence electrons. The van der Waals surface area contributed by atoms with Crippen molar-refractivity contribution in [1.82, 2.24) is 14.2 Å². The molecule has 0 aliphatic carbocycles. The number of rotatable bonds is 5. The van der Waals surface area contributed by atoms with Crippen LogP contribution in [0.3, 0.4) is 0 Å². The number of anilines is 2. The van der Waals surface area contributed by atoms with E-state index < -0.39 is 10.0 Å². The Hall–Kier alpha value is -2.16. The molecule has 0 bridgehead atoms. The number of aromatic nitrogens is 1. The van der Waals surface area contributed by atoms with Crippen molar-refractivity contribution in [2.24, 2.45) is 0 Å². The van der Waals surface area contributed by atoms with E-state index in [0.29, 0.717) is 19.1 Å². The Kier molecular flexibility index (Phi) is 5.52. The van der Waals surface area contributed by atoms with Gasteiger partial charge in [-0.2, -0.15) is 4.31 Å². The third kappa shape index (κ3) is 4.14. The zero-order chi connectivity index (χ0) is 19.6. The van der Waals surface area contributed by atoms with E-state index in [0.717, 1.165) is 44.1 Å². The van der Waals surface area contributed by atoms with Crippen molar-refractivity contribution in [2.75, 3.05) is 56.5 Å². The van der Waals surface area contributed by atoms with Crippen LogP contribution in [0.5, 0.6) is 0 Å². The molecule has 8 heteroatoms. The Labute approximate surface area is 167 Å². The predicted molar refractivity (Wildman–Crippen MR) is 111 cm³/mol. The SMILES string of the molecule is CN1CCN(S(=O)(=O)c2ccc(N3CCC(Nc4ccccc4)C3)nc2)CC1. The topological polar surface area (TPSA) is 68.8 Å². The first-order valence-corrected chi connectivity index (χ1v) is 11.2. The van der Waals surface area contributed by atoms with Crippen LogP contribution in [0.1, 0.15) is 6.42 Å². The maximum absolute atomic E-state index is 12.8. The molecule has 0 amide bonds. The summed E-state index contributed by atoms with van der Waals surface area (Å²) in [5.74, 6) is 0.828. The number of sulfonamides is 1. The van der Waals surface area contributed by atoms with Crippen molar-refractivity contribution >= 4 is 21.5 Å². The zero-order valence-corrected chi connectivity index (χ0v) is 17.0. The average molecular weight is 402 g/mol. The van der Waals surface area contributed by atoms with E-state index in [1.54, 1.807) is 10.4 Å². The molecule has 0 radical (unpaired) electrons. The maximum Gasteiger partial charge on any atom is 0.244 e. The summed E-state index contributed by atoms with van der Waals surface area (Å²) in [4.78, 5) is 9.08. The monoisotopic (exact) mass is 401 g/mol. The molecule has 2 aliphatic rings. The van der Waals surface area contributed by atoms with Crippen LogP contribution in [0.4, 0.5) is 11.5 Å². The van der Waals surface area contributed by atoms with Crippen molar-refractivity contribution in [3.63, 3.8) is 0 Å². The van der Waals surface area contributed by atoms with Gasteiger partial charge in [-0.1, -0.05) is 18.2 Å². The molecule has 2 aromatic rings. The van der Waals surface area contributed by atoms with Gasteiger partial charge in [-0.05, 0) is 37.7 Å². The van der Waals surface area contributed by atoms with Crippen molar-refractivity contribution in [2.45, 2.75) is 17.4 Å². The van der Waals surface area contributed by atoms with E-state index in [4.69, 9.17) is 0 Å². The average Bonchev–Trinajstić information content (AvgIpc) is 3.18. The smallest absolute Gasteiger partial charge is 0.244 e. The summed E-state index contributed by atoms with van der Waals surface area (Å²) in [6, 6.07) is 14.1. The molecule has 1 atom stereocenters. The number of nitrogens with zero attached hydrogens (tertiary/aromatic N) is 4. The lowest BCUT2D eigenvalue weighted by Crippen LogP contribution is -2.47. The third-order valence-electron chi connectivity index (χ3n) is 5.48. The number of para-hydroxylation sites is 1. The lowest BCUT2D eigenvalue weighted by molar-refractivity contribution is 0.222. The van der Waals surface area contributed by atoms with Crippen molar-refractivity contribution in [1.29, 1.82) is 0 Å². The van der Waals surface area contributed by atoms with Crippen LogP contribution in [0.2, 0.25) is 0 Å². The van der Waals surface area contributed by atoms with Crippen molar-refractivity contribution in [3.05, 3.63) is 48.7 Å². The third-order valence-corrected chi connectivity index (χ3v) is 7.36. The first-order chi connectivity index (χ1) is 13.5. The summed E-state index contributed by atoms with van der Waals surface area (Å²) in [6.45, 7) is 4.33. The van der Waals surface area contributed by atoms with Gasteiger partial charge in [0.15, 0.2) is 0 Å². The molecule has 1 unspecified atom stereocenters. The van der Waals surface area contributed by atoms with Crippen LogP contribution >= 0.6 is 0 Å². The number of hydrogen-bond acceptors (Lipinski definition) is 6. The van der Waals surface area contributed by atoms with Crippen LogP contribution in [0.25, 0.3) is 0 Å². The number of hydrogen-bond donors (Lipinski definition) is 1. The molecule has 7 nitrogen and oxygen atoms in total. The van der Waals surface area contributed by atoms with Gasteiger partial charge in [-0.15, -0.1) is 0 Å². The van der Waals surface area contributed by atoms with E-state index >= 15 is 0 Å². The molecule has 2 fully saturated rings. The molecular weight excluding hydrogens is 374 g/mol. The van der Waals surface area contributed by atoms with Crippen LogP contribution in [0, 0.1) is 0 Å². The highest BCUT2D eigenvalue weighted by atomic mass is 32.2. The van der Waals surface area contributed by atoms with E-state index in [-0.39, 0.29) is 4.90 Å². The summed E-state index contributed by atoms with van der Waals surface area (Å²) >= 11 is 0. The van der Waals surface area contributed by atoms with Gasteiger partial charge in [-0.25, -0.2) is 13.4 Å². The van der Waals surface area contributed by atoms with Gasteiger partial charge >= 0.3 is 0 Å². The number of piperazine rings is 1. The van der Waals surface area contributed by atoms with Gasteiger partial charge in [0.1, 0.15) is 10.7 Å². The van der Waals surface area contributed by atoms with Gasteiger partial charge in [0.25, 0.3) is 0 Å². The molecule has 3 heterocycles. The van der Waals surface area contributed by atoms with E-state index in [2.05, 4.69) is 32.2 Å². The molecular formula is C20H27N5O2S. The van der Waals surface area contributed by atoms with Gasteiger partial charge in [0, 0.05) is 57.2 Å². The lowest BCUT2D eigenvalue weighted by atomic mass is 10.2. The predicted octanol–water partition coefficient (Wildman–Crippen LogP) is 1.71. The quantitative estimate of drug-likeness (QED) is 0.823. The minimum absolute atomic E-state index is 0.277. The summed E-state index contributed by atoms with van der Waals surface area (Å²) in [5.41, 5.74) is 1.12. The minimum Gasteiger partial charge on any atom is -0.380 e. The molecule has 1 aromatic carbocycles. The molecule has 0 spiro atoms. The lowest BCUT2D eigenvalue weighted by Gasteiger charge is -2.31.